The Labute approximate surface area is 235 Å². The summed E-state index contributed by atoms with van der Waals surface area (Å²) >= 11 is 6.49. The van der Waals surface area contributed by atoms with Gasteiger partial charge in [0.05, 0.1) is 23.8 Å². The molecule has 190 valence electrons. The zero-order valence-electron chi connectivity index (χ0n) is 20.6. The Morgan fingerprint density at radius 1 is 0.730 bits per heavy atom. The molecule has 0 spiro atoms. The molecule has 1 aliphatic rings. The fraction of sp³-hybridized carbons (Fsp3) is 0.200. The smallest absolute Gasteiger partial charge is 0.138 e. The minimum absolute atomic E-state index is 0.286. The molecule has 0 unspecified atom stereocenters. The molecule has 4 rings (SSSR count). The van der Waals surface area contributed by atoms with Crippen LogP contribution in [0.5, 0.6) is 5.75 Å². The van der Waals surface area contributed by atoms with Crippen molar-refractivity contribution < 1.29 is 13.5 Å². The van der Waals surface area contributed by atoms with Gasteiger partial charge in [-0.05, 0) is 61.6 Å². The van der Waals surface area contributed by atoms with Gasteiger partial charge in [0, 0.05) is 40.8 Å². The molecular formula is C30H26Br2F2N2O. The molecule has 0 saturated carbocycles. The van der Waals surface area contributed by atoms with Crippen LogP contribution in [0, 0.1) is 48.7 Å². The van der Waals surface area contributed by atoms with Crippen LogP contribution in [0.1, 0.15) is 16.7 Å². The van der Waals surface area contributed by atoms with E-state index in [9.17, 15) is 8.78 Å². The molecular weight excluding hydrogens is 602 g/mol. The second-order valence-electron chi connectivity index (χ2n) is 7.86. The lowest BCUT2D eigenvalue weighted by molar-refractivity contribution is 0.313. The van der Waals surface area contributed by atoms with Gasteiger partial charge >= 0.3 is 0 Å². The van der Waals surface area contributed by atoms with Gasteiger partial charge in [-0.3, -0.25) is 0 Å². The molecule has 0 N–H and O–H groups in total. The number of hydrogen-bond donors (Lipinski definition) is 0. The van der Waals surface area contributed by atoms with E-state index in [-0.39, 0.29) is 17.2 Å². The summed E-state index contributed by atoms with van der Waals surface area (Å²) in [7, 11) is 3.71. The number of rotatable bonds is 2. The summed E-state index contributed by atoms with van der Waals surface area (Å²) in [4.78, 5) is 4.52. The molecule has 0 aliphatic carbocycles. The first-order valence-corrected chi connectivity index (χ1v) is 12.7. The summed E-state index contributed by atoms with van der Waals surface area (Å²) in [6.45, 7) is 3.99. The molecule has 0 amide bonds. The summed E-state index contributed by atoms with van der Waals surface area (Å²) in [6, 6.07) is 15.1. The third-order valence-electron chi connectivity index (χ3n) is 5.38. The number of benzene rings is 3. The van der Waals surface area contributed by atoms with Crippen molar-refractivity contribution in [3.05, 3.63) is 91.9 Å². The van der Waals surface area contributed by atoms with E-state index >= 15 is 0 Å². The molecule has 0 atom stereocenters. The Morgan fingerprint density at radius 3 is 1.78 bits per heavy atom. The van der Waals surface area contributed by atoms with Crippen molar-refractivity contribution in [2.24, 2.45) is 0 Å². The highest BCUT2D eigenvalue weighted by Crippen LogP contribution is 2.22. The van der Waals surface area contributed by atoms with E-state index < -0.39 is 0 Å². The zero-order valence-corrected chi connectivity index (χ0v) is 23.7. The first-order valence-electron chi connectivity index (χ1n) is 11.1. The predicted molar refractivity (Wildman–Crippen MR) is 155 cm³/mol. The van der Waals surface area contributed by atoms with E-state index in [0.717, 1.165) is 52.1 Å². The maximum absolute atomic E-state index is 13.2. The molecule has 7 heteroatoms. The maximum atomic E-state index is 13.2. The molecule has 3 aromatic carbocycles. The lowest BCUT2D eigenvalue weighted by Gasteiger charge is -2.34. The topological polar surface area (TPSA) is 15.7 Å². The monoisotopic (exact) mass is 626 g/mol. The van der Waals surface area contributed by atoms with Gasteiger partial charge in [0.2, 0.25) is 0 Å². The molecule has 1 heterocycles. The SMILES string of the molecule is C#Cc1cc(Br)ccc1F.C#Cc1cc(N2CCN(C)CC2)ccc1F.C#Cc1ccc(Br)cc1OC. The standard InChI is InChI=1S/C13H15FN2.C9H7BrO.C8H4BrF/c1-3-11-10-12(4-5-13(11)14)16-8-6-15(2)7-9-16;1-3-7-4-5-8(10)6-9(7)11-2;1-2-6-5-7(9)3-4-8(6)10/h1,4-5,10H,6-9H2,2H3;1,4-6H,2H3;1,3-5H. The maximum Gasteiger partial charge on any atom is 0.138 e. The van der Waals surface area contributed by atoms with E-state index in [1.165, 1.54) is 12.1 Å². The number of ether oxygens (including phenoxy) is 1. The molecule has 0 bridgehead atoms. The average Bonchev–Trinajstić information content (AvgIpc) is 2.91. The van der Waals surface area contributed by atoms with Gasteiger partial charge in [-0.25, -0.2) is 8.78 Å². The Morgan fingerprint density at radius 2 is 1.24 bits per heavy atom. The number of halogens is 4. The van der Waals surface area contributed by atoms with Crippen molar-refractivity contribution in [3.8, 4) is 42.8 Å². The third-order valence-corrected chi connectivity index (χ3v) is 6.36. The normalized spacial score (nSPS) is 12.5. The van der Waals surface area contributed by atoms with E-state index in [2.05, 4.69) is 66.5 Å². The van der Waals surface area contributed by atoms with E-state index in [4.69, 9.17) is 24.0 Å². The van der Waals surface area contributed by atoms with Crippen LogP contribution in [0.15, 0.2) is 63.5 Å². The van der Waals surface area contributed by atoms with Gasteiger partial charge in [0.25, 0.3) is 0 Å². The number of methoxy groups -OCH3 is 1. The fourth-order valence-corrected chi connectivity index (χ4v) is 3.98. The van der Waals surface area contributed by atoms with Gasteiger partial charge in [-0.2, -0.15) is 0 Å². The molecule has 37 heavy (non-hydrogen) atoms. The second-order valence-corrected chi connectivity index (χ2v) is 9.69. The van der Waals surface area contributed by atoms with Crippen LogP contribution in [-0.4, -0.2) is 45.2 Å². The summed E-state index contributed by atoms with van der Waals surface area (Å²) in [6.07, 6.45) is 15.5. The lowest BCUT2D eigenvalue weighted by Crippen LogP contribution is -2.44. The van der Waals surface area contributed by atoms with Gasteiger partial charge in [0.15, 0.2) is 0 Å². The quantitative estimate of drug-likeness (QED) is 0.299. The molecule has 1 saturated heterocycles. The Kier molecular flexibility index (Phi) is 12.2. The summed E-state index contributed by atoms with van der Waals surface area (Å²) in [5.41, 5.74) is 2.42. The second kappa shape index (κ2) is 15.1. The molecule has 3 nitrogen and oxygen atoms in total. The van der Waals surface area contributed by atoms with Crippen molar-refractivity contribution >= 4 is 37.5 Å². The summed E-state index contributed by atoms with van der Waals surface area (Å²) in [5, 5.41) is 0. The Hall–Kier alpha value is -3.28. The van der Waals surface area contributed by atoms with E-state index in [1.54, 1.807) is 31.4 Å². The van der Waals surface area contributed by atoms with Crippen LogP contribution in [0.25, 0.3) is 0 Å². The number of nitrogens with zero attached hydrogens (tertiary/aromatic N) is 2. The van der Waals surface area contributed by atoms with E-state index in [1.807, 2.05) is 18.2 Å². The fourth-order valence-electron chi connectivity index (χ4n) is 3.28. The predicted octanol–water partition coefficient (Wildman–Crippen LogP) is 6.57. The minimum Gasteiger partial charge on any atom is -0.495 e. The third kappa shape index (κ3) is 9.27. The van der Waals surface area contributed by atoms with Crippen LogP contribution in [0.3, 0.4) is 0 Å². The van der Waals surface area contributed by atoms with Gasteiger partial charge < -0.3 is 14.5 Å². The number of likely N-dealkylation sites (N-methyl/N-ethyl adjacent to an activating group) is 1. The molecule has 0 radical (unpaired) electrons. The molecule has 0 aromatic heterocycles. The van der Waals surface area contributed by atoms with Crippen molar-refractivity contribution in [2.45, 2.75) is 0 Å². The Bertz CT molecular complexity index is 1330. The molecule has 1 aliphatic heterocycles. The number of hydrogen-bond acceptors (Lipinski definition) is 3. The first kappa shape index (κ1) is 29.9. The van der Waals surface area contributed by atoms with Crippen LogP contribution in [0.4, 0.5) is 14.5 Å². The average molecular weight is 628 g/mol. The highest BCUT2D eigenvalue weighted by molar-refractivity contribution is 9.10. The Balaban J connectivity index is 0.000000203. The highest BCUT2D eigenvalue weighted by atomic mass is 79.9. The van der Waals surface area contributed by atoms with Crippen LogP contribution < -0.4 is 9.64 Å². The minimum atomic E-state index is -0.356. The van der Waals surface area contributed by atoms with Crippen molar-refractivity contribution in [1.82, 2.24) is 4.90 Å². The lowest BCUT2D eigenvalue weighted by atomic mass is 10.1. The molecule has 1 fully saturated rings. The number of terminal acetylenes is 3. The largest absolute Gasteiger partial charge is 0.495 e. The van der Waals surface area contributed by atoms with Gasteiger partial charge in [-0.15, -0.1) is 19.3 Å². The highest BCUT2D eigenvalue weighted by Gasteiger charge is 2.15. The van der Waals surface area contributed by atoms with E-state index in [0.29, 0.717) is 5.56 Å². The van der Waals surface area contributed by atoms with Crippen LogP contribution in [0.2, 0.25) is 0 Å². The van der Waals surface area contributed by atoms with Crippen LogP contribution in [-0.2, 0) is 0 Å². The summed E-state index contributed by atoms with van der Waals surface area (Å²) in [5.74, 6) is 7.18. The first-order chi connectivity index (χ1) is 17.7. The number of anilines is 1. The summed E-state index contributed by atoms with van der Waals surface area (Å²) < 4.78 is 32.6. The van der Waals surface area contributed by atoms with Gasteiger partial charge in [-0.1, -0.05) is 49.6 Å². The zero-order chi connectivity index (χ0) is 27.4. The van der Waals surface area contributed by atoms with Gasteiger partial charge in [0.1, 0.15) is 17.4 Å². The van der Waals surface area contributed by atoms with Crippen molar-refractivity contribution in [1.29, 1.82) is 0 Å². The number of piperazine rings is 1. The van der Waals surface area contributed by atoms with Crippen molar-refractivity contribution in [2.75, 3.05) is 45.2 Å². The van der Waals surface area contributed by atoms with Crippen molar-refractivity contribution in [3.63, 3.8) is 0 Å². The van der Waals surface area contributed by atoms with Crippen LogP contribution >= 0.6 is 31.9 Å². The molecule has 3 aromatic rings.